The van der Waals surface area contributed by atoms with E-state index in [0.29, 0.717) is 62.0 Å². The highest BCUT2D eigenvalue weighted by molar-refractivity contribution is 7.89. The molecule has 192 valence electrons. The molecule has 3 rings (SSSR count). The first-order chi connectivity index (χ1) is 16.8. The van der Waals surface area contributed by atoms with E-state index >= 15 is 0 Å². The smallest absolute Gasteiger partial charge is 0.243 e. The summed E-state index contributed by atoms with van der Waals surface area (Å²) in [6.45, 7) is 3.38. The molecular formula is C25H34N2O7S. The van der Waals surface area contributed by atoms with Crippen LogP contribution < -0.4 is 19.5 Å². The van der Waals surface area contributed by atoms with Crippen LogP contribution in [-0.4, -0.2) is 66.3 Å². The molecule has 1 atom stereocenters. The van der Waals surface area contributed by atoms with Gasteiger partial charge in [0.05, 0.1) is 45.5 Å². The second-order valence-corrected chi connectivity index (χ2v) is 10.1. The summed E-state index contributed by atoms with van der Waals surface area (Å²) in [5.74, 6) is 1.62. The number of ether oxygens (including phenoxy) is 4. The Hall–Kier alpha value is -2.82. The van der Waals surface area contributed by atoms with Crippen LogP contribution >= 0.6 is 0 Å². The van der Waals surface area contributed by atoms with E-state index in [-0.39, 0.29) is 23.3 Å². The molecule has 1 N–H and O–H groups in total. The molecule has 35 heavy (non-hydrogen) atoms. The van der Waals surface area contributed by atoms with Gasteiger partial charge in [0.2, 0.25) is 15.9 Å². The molecule has 0 radical (unpaired) electrons. The summed E-state index contributed by atoms with van der Waals surface area (Å²) < 4.78 is 48.9. The molecule has 0 saturated carbocycles. The number of methoxy groups -OCH3 is 3. The van der Waals surface area contributed by atoms with E-state index in [9.17, 15) is 13.2 Å². The molecule has 1 fully saturated rings. The number of aryl methyl sites for hydroxylation is 1. The molecule has 1 saturated heterocycles. The van der Waals surface area contributed by atoms with Crippen molar-refractivity contribution in [3.63, 3.8) is 0 Å². The number of benzene rings is 2. The highest BCUT2D eigenvalue weighted by Gasteiger charge is 2.27. The summed E-state index contributed by atoms with van der Waals surface area (Å²) in [6, 6.07) is 10.2. The number of nitrogens with one attached hydrogen (secondary N) is 1. The van der Waals surface area contributed by atoms with Crippen LogP contribution in [-0.2, 0) is 26.0 Å². The second-order valence-electron chi connectivity index (χ2n) is 8.13. The summed E-state index contributed by atoms with van der Waals surface area (Å²) in [5, 5.41) is 3.06. The highest BCUT2D eigenvalue weighted by atomic mass is 32.2. The normalized spacial score (nSPS) is 15.3. The summed E-state index contributed by atoms with van der Waals surface area (Å²) in [5.41, 5.74) is 1.57. The van der Waals surface area contributed by atoms with E-state index in [1.165, 1.54) is 17.5 Å². The Balaban J connectivity index is 1.71. The average molecular weight is 507 g/mol. The van der Waals surface area contributed by atoms with Gasteiger partial charge in [-0.2, -0.15) is 4.31 Å². The lowest BCUT2D eigenvalue weighted by Gasteiger charge is -2.26. The van der Waals surface area contributed by atoms with Gasteiger partial charge in [-0.25, -0.2) is 8.42 Å². The number of morpholine rings is 1. The zero-order valence-electron chi connectivity index (χ0n) is 20.7. The maximum absolute atomic E-state index is 13.0. The lowest BCUT2D eigenvalue weighted by molar-refractivity contribution is -0.121. The van der Waals surface area contributed by atoms with Gasteiger partial charge < -0.3 is 24.3 Å². The summed E-state index contributed by atoms with van der Waals surface area (Å²) in [6.07, 6.45) is 1.21. The molecular weight excluding hydrogens is 472 g/mol. The van der Waals surface area contributed by atoms with Gasteiger partial charge in [0.25, 0.3) is 0 Å². The van der Waals surface area contributed by atoms with Gasteiger partial charge in [-0.1, -0.05) is 13.0 Å². The minimum Gasteiger partial charge on any atom is -0.496 e. The summed E-state index contributed by atoms with van der Waals surface area (Å²) in [7, 11) is 1.03. The van der Waals surface area contributed by atoms with Crippen molar-refractivity contribution in [2.75, 3.05) is 47.6 Å². The number of amides is 1. The van der Waals surface area contributed by atoms with Gasteiger partial charge in [0.15, 0.2) is 11.5 Å². The standard InChI is InChI=1S/C25H34N2O7S/c1-5-21(18-6-9-23(32-3)24(17-18)33-4)26-25(28)11-7-19-16-20(8-10-22(19)31-2)35(29,30)27-12-14-34-15-13-27/h6,8-10,16-17,21H,5,7,11-15H2,1-4H3,(H,26,28)/t21-/m1/s1. The first-order valence-corrected chi connectivity index (χ1v) is 13.0. The van der Waals surface area contributed by atoms with Crippen LogP contribution in [0.3, 0.4) is 0 Å². The van der Waals surface area contributed by atoms with Crippen LogP contribution in [0.2, 0.25) is 0 Å². The van der Waals surface area contributed by atoms with Crippen LogP contribution in [0.5, 0.6) is 17.2 Å². The van der Waals surface area contributed by atoms with E-state index < -0.39 is 10.0 Å². The molecule has 1 aliphatic heterocycles. The molecule has 0 spiro atoms. The van der Waals surface area contributed by atoms with Crippen LogP contribution in [0.1, 0.15) is 36.9 Å². The fourth-order valence-electron chi connectivity index (χ4n) is 4.05. The molecule has 1 amide bonds. The Labute approximate surface area is 207 Å². The molecule has 0 unspecified atom stereocenters. The molecule has 2 aromatic carbocycles. The molecule has 1 aliphatic rings. The molecule has 0 bridgehead atoms. The molecule has 2 aromatic rings. The van der Waals surface area contributed by atoms with Crippen molar-refractivity contribution in [1.82, 2.24) is 9.62 Å². The number of rotatable bonds is 11. The SMILES string of the molecule is CC[C@@H](NC(=O)CCc1cc(S(=O)(=O)N2CCOCC2)ccc1OC)c1ccc(OC)c(OC)c1. The van der Waals surface area contributed by atoms with Crippen molar-refractivity contribution in [2.24, 2.45) is 0 Å². The van der Waals surface area contributed by atoms with Crippen molar-refractivity contribution in [1.29, 1.82) is 0 Å². The third kappa shape index (κ3) is 6.45. The fourth-order valence-corrected chi connectivity index (χ4v) is 5.51. The van der Waals surface area contributed by atoms with E-state index in [1.807, 2.05) is 25.1 Å². The van der Waals surface area contributed by atoms with Crippen LogP contribution in [0, 0.1) is 0 Å². The zero-order chi connectivity index (χ0) is 25.4. The van der Waals surface area contributed by atoms with Crippen molar-refractivity contribution in [3.05, 3.63) is 47.5 Å². The Bertz CT molecular complexity index is 1110. The lowest BCUT2D eigenvalue weighted by Crippen LogP contribution is -2.40. The number of hydrogen-bond acceptors (Lipinski definition) is 7. The van der Waals surface area contributed by atoms with Gasteiger partial charge in [-0.15, -0.1) is 0 Å². The number of hydrogen-bond donors (Lipinski definition) is 1. The van der Waals surface area contributed by atoms with Crippen molar-refractivity contribution < 1.29 is 32.2 Å². The van der Waals surface area contributed by atoms with Crippen LogP contribution in [0.15, 0.2) is 41.3 Å². The number of carbonyl (C=O) groups excluding carboxylic acids is 1. The van der Waals surface area contributed by atoms with Gasteiger partial charge in [-0.3, -0.25) is 4.79 Å². The predicted molar refractivity (Wildman–Crippen MR) is 132 cm³/mol. The van der Waals surface area contributed by atoms with E-state index in [1.54, 1.807) is 26.4 Å². The monoisotopic (exact) mass is 506 g/mol. The van der Waals surface area contributed by atoms with Crippen molar-refractivity contribution in [3.8, 4) is 17.2 Å². The minimum atomic E-state index is -3.64. The topological polar surface area (TPSA) is 103 Å². The largest absolute Gasteiger partial charge is 0.496 e. The third-order valence-electron chi connectivity index (χ3n) is 6.03. The number of nitrogens with zero attached hydrogens (tertiary/aromatic N) is 1. The third-order valence-corrected chi connectivity index (χ3v) is 7.93. The average Bonchev–Trinajstić information content (AvgIpc) is 2.90. The Morgan fingerprint density at radius 1 is 1.00 bits per heavy atom. The van der Waals surface area contributed by atoms with E-state index in [0.717, 1.165) is 5.56 Å². The fraction of sp³-hybridized carbons (Fsp3) is 0.480. The second kappa shape index (κ2) is 12.2. The maximum atomic E-state index is 13.0. The first kappa shape index (κ1) is 26.8. The quantitative estimate of drug-likeness (QED) is 0.500. The minimum absolute atomic E-state index is 0.143. The first-order valence-electron chi connectivity index (χ1n) is 11.6. The summed E-state index contributed by atoms with van der Waals surface area (Å²) >= 11 is 0. The van der Waals surface area contributed by atoms with Gasteiger partial charge >= 0.3 is 0 Å². The van der Waals surface area contributed by atoms with Crippen LogP contribution in [0.4, 0.5) is 0 Å². The van der Waals surface area contributed by atoms with Crippen molar-refractivity contribution in [2.45, 2.75) is 37.1 Å². The molecule has 9 nitrogen and oxygen atoms in total. The van der Waals surface area contributed by atoms with Gasteiger partial charge in [0.1, 0.15) is 5.75 Å². The highest BCUT2D eigenvalue weighted by Crippen LogP contribution is 2.31. The summed E-state index contributed by atoms with van der Waals surface area (Å²) in [4.78, 5) is 13.0. The van der Waals surface area contributed by atoms with Gasteiger partial charge in [-0.05, 0) is 54.3 Å². The molecule has 10 heteroatoms. The Morgan fingerprint density at radius 3 is 2.29 bits per heavy atom. The van der Waals surface area contributed by atoms with Crippen LogP contribution in [0.25, 0.3) is 0 Å². The van der Waals surface area contributed by atoms with Gasteiger partial charge in [0, 0.05) is 19.5 Å². The molecule has 0 aliphatic carbocycles. The van der Waals surface area contributed by atoms with Crippen molar-refractivity contribution >= 4 is 15.9 Å². The van der Waals surface area contributed by atoms with E-state index in [4.69, 9.17) is 18.9 Å². The zero-order valence-corrected chi connectivity index (χ0v) is 21.5. The molecule has 0 aromatic heterocycles. The Morgan fingerprint density at radius 2 is 1.66 bits per heavy atom. The molecule has 1 heterocycles. The number of carbonyl (C=O) groups is 1. The Kier molecular flexibility index (Phi) is 9.36. The predicted octanol–water partition coefficient (Wildman–Crippen LogP) is 2.93. The maximum Gasteiger partial charge on any atom is 0.243 e. The lowest BCUT2D eigenvalue weighted by atomic mass is 10.0. The number of sulfonamides is 1. The van der Waals surface area contributed by atoms with E-state index in [2.05, 4.69) is 5.32 Å².